The van der Waals surface area contributed by atoms with Gasteiger partial charge in [0.25, 0.3) is 0 Å². The van der Waals surface area contributed by atoms with Crippen LogP contribution in [0, 0.1) is 6.92 Å². The summed E-state index contributed by atoms with van der Waals surface area (Å²) in [5, 5.41) is 6.84. The third-order valence-electron chi connectivity index (χ3n) is 9.37. The number of amides is 2. The Hall–Kier alpha value is -3.95. The van der Waals surface area contributed by atoms with Gasteiger partial charge in [0.15, 0.2) is 0 Å². The van der Waals surface area contributed by atoms with Crippen LogP contribution in [0.25, 0.3) is 16.8 Å². The van der Waals surface area contributed by atoms with E-state index >= 15 is 4.39 Å². The largest absolute Gasteiger partial charge is 0.326 e. The van der Waals surface area contributed by atoms with Crippen LogP contribution in [0.15, 0.2) is 61.1 Å². The molecule has 2 fully saturated rings. The number of likely N-dealkylation sites (tertiary alicyclic amines) is 1. The van der Waals surface area contributed by atoms with E-state index in [-0.39, 0.29) is 17.7 Å². The summed E-state index contributed by atoms with van der Waals surface area (Å²) in [5.74, 6) is -0.198. The van der Waals surface area contributed by atoms with E-state index in [0.717, 1.165) is 77.8 Å². The predicted octanol–water partition coefficient (Wildman–Crippen LogP) is 5.22. The molecule has 6 rings (SSSR count). The number of rotatable bonds is 10. The zero-order valence-corrected chi connectivity index (χ0v) is 25.3. The second-order valence-electron chi connectivity index (χ2n) is 12.4. The van der Waals surface area contributed by atoms with E-state index in [4.69, 9.17) is 5.73 Å². The highest BCUT2D eigenvalue weighted by Gasteiger charge is 2.28. The zero-order chi connectivity index (χ0) is 30.6. The molecule has 4 heterocycles. The van der Waals surface area contributed by atoms with Crippen LogP contribution >= 0.6 is 0 Å². The molecule has 4 aromatic rings. The summed E-state index contributed by atoms with van der Waals surface area (Å²) in [5.41, 5.74) is 14.3. The van der Waals surface area contributed by atoms with Crippen molar-refractivity contribution in [2.45, 2.75) is 76.4 Å². The summed E-state index contributed by atoms with van der Waals surface area (Å²) in [6.45, 7) is 4.83. The molecule has 2 aliphatic rings. The van der Waals surface area contributed by atoms with Gasteiger partial charge in [0.1, 0.15) is 12.5 Å². The van der Waals surface area contributed by atoms with Crippen molar-refractivity contribution in [3.63, 3.8) is 0 Å². The van der Waals surface area contributed by atoms with E-state index < -0.39 is 6.17 Å². The summed E-state index contributed by atoms with van der Waals surface area (Å²) in [6.07, 6.45) is 7.81. The van der Waals surface area contributed by atoms with Crippen molar-refractivity contribution in [2.24, 2.45) is 5.73 Å². The van der Waals surface area contributed by atoms with Crippen molar-refractivity contribution in [3.8, 4) is 11.3 Å². The smallest absolute Gasteiger partial charge is 0.234 e. The molecule has 2 unspecified atom stereocenters. The minimum atomic E-state index is -0.851. The van der Waals surface area contributed by atoms with E-state index in [1.807, 2.05) is 22.8 Å². The van der Waals surface area contributed by atoms with Crippen LogP contribution in [-0.4, -0.2) is 57.1 Å². The Bertz CT molecular complexity index is 1630. The molecular formula is C35H41FN6O2. The molecule has 0 spiro atoms. The van der Waals surface area contributed by atoms with Crippen molar-refractivity contribution in [1.29, 1.82) is 0 Å². The average Bonchev–Trinajstić information content (AvgIpc) is 3.45. The van der Waals surface area contributed by atoms with Gasteiger partial charge in [-0.1, -0.05) is 36.4 Å². The average molecular weight is 597 g/mol. The van der Waals surface area contributed by atoms with Gasteiger partial charge in [-0.2, -0.15) is 5.10 Å². The van der Waals surface area contributed by atoms with Crippen molar-refractivity contribution < 1.29 is 14.0 Å². The number of imide groups is 1. The lowest BCUT2D eigenvalue weighted by Gasteiger charge is -2.33. The predicted molar refractivity (Wildman–Crippen MR) is 169 cm³/mol. The summed E-state index contributed by atoms with van der Waals surface area (Å²) in [7, 11) is 0. The molecule has 3 N–H and O–H groups in total. The van der Waals surface area contributed by atoms with Crippen LogP contribution in [0.3, 0.4) is 0 Å². The normalized spacial score (nSPS) is 18.9. The van der Waals surface area contributed by atoms with Gasteiger partial charge in [-0.05, 0) is 104 Å². The lowest BCUT2D eigenvalue weighted by atomic mass is 9.86. The number of benzene rings is 2. The number of carbonyl (C=O) groups excluding carboxylic acids is 2. The number of nitrogens with zero attached hydrogens (tertiary/aromatic N) is 4. The minimum Gasteiger partial charge on any atom is -0.326 e. The van der Waals surface area contributed by atoms with Crippen LogP contribution < -0.4 is 11.1 Å². The molecule has 2 atom stereocenters. The number of alkyl halides is 1. The van der Waals surface area contributed by atoms with Crippen LogP contribution in [0.4, 0.5) is 4.39 Å². The molecule has 8 nitrogen and oxygen atoms in total. The van der Waals surface area contributed by atoms with Gasteiger partial charge in [-0.3, -0.25) is 14.9 Å². The van der Waals surface area contributed by atoms with E-state index in [1.54, 1.807) is 6.33 Å². The molecule has 0 radical (unpaired) electrons. The third-order valence-corrected chi connectivity index (χ3v) is 9.37. The number of aromatic nitrogens is 3. The fraction of sp³-hybridized carbons (Fsp3) is 0.429. The maximum absolute atomic E-state index is 15.0. The standard InChI is InChI=1S/C35H41FN6O2/c1-23-17-28(9-10-29(23)19-37)34-32-18-24(20-42(32)39-22-38-34)3-2-4-30(36)21-41-15-13-26(14-16-41)25-5-7-27(8-6-25)31-11-12-33(43)40-35(31)44/h5-10,17-18,20,22,26,30-31H,2-4,11-16,19,21,37H2,1H3,(H,40,43,44). The molecule has 2 aromatic carbocycles. The highest BCUT2D eigenvalue weighted by atomic mass is 19.1. The molecule has 0 aliphatic carbocycles. The number of nitrogens with one attached hydrogen (secondary N) is 1. The topological polar surface area (TPSA) is 106 Å². The molecule has 2 saturated heterocycles. The van der Waals surface area contributed by atoms with Gasteiger partial charge in [0, 0.05) is 31.3 Å². The zero-order valence-electron chi connectivity index (χ0n) is 25.3. The summed E-state index contributed by atoms with van der Waals surface area (Å²) in [6, 6.07) is 16.7. The summed E-state index contributed by atoms with van der Waals surface area (Å²) < 4.78 is 16.9. The van der Waals surface area contributed by atoms with Crippen LogP contribution in [-0.2, 0) is 22.6 Å². The number of aryl methyl sites for hydroxylation is 2. The lowest BCUT2D eigenvalue weighted by molar-refractivity contribution is -0.134. The monoisotopic (exact) mass is 596 g/mol. The van der Waals surface area contributed by atoms with E-state index in [2.05, 4.69) is 63.6 Å². The number of piperidine rings is 2. The highest BCUT2D eigenvalue weighted by Crippen LogP contribution is 2.31. The summed E-state index contributed by atoms with van der Waals surface area (Å²) >= 11 is 0. The lowest BCUT2D eigenvalue weighted by Crippen LogP contribution is -2.39. The van der Waals surface area contributed by atoms with E-state index in [0.29, 0.717) is 38.3 Å². The first-order valence-corrected chi connectivity index (χ1v) is 15.8. The fourth-order valence-corrected chi connectivity index (χ4v) is 6.77. The van der Waals surface area contributed by atoms with Crippen molar-refractivity contribution in [2.75, 3.05) is 19.6 Å². The van der Waals surface area contributed by atoms with Crippen molar-refractivity contribution >= 4 is 17.3 Å². The van der Waals surface area contributed by atoms with Gasteiger partial charge >= 0.3 is 0 Å². The summed E-state index contributed by atoms with van der Waals surface area (Å²) in [4.78, 5) is 30.5. The maximum atomic E-state index is 15.0. The Kier molecular flexibility index (Phi) is 9.14. The van der Waals surface area contributed by atoms with E-state index in [1.165, 1.54) is 5.56 Å². The Morgan fingerprint density at radius 1 is 1.05 bits per heavy atom. The number of halogens is 1. The number of hydrogen-bond donors (Lipinski definition) is 2. The maximum Gasteiger partial charge on any atom is 0.234 e. The van der Waals surface area contributed by atoms with Crippen LogP contribution in [0.1, 0.15) is 78.2 Å². The number of nitrogens with two attached hydrogens (primary N) is 1. The van der Waals surface area contributed by atoms with E-state index in [9.17, 15) is 9.59 Å². The molecule has 44 heavy (non-hydrogen) atoms. The first-order chi connectivity index (χ1) is 21.4. The SMILES string of the molecule is Cc1cc(-c2ncnn3cc(CCCC(F)CN4CCC(c5ccc(C6CCC(=O)NC6=O)cc5)CC4)cc23)ccc1CN. The first kappa shape index (κ1) is 30.1. The molecule has 230 valence electrons. The fourth-order valence-electron chi connectivity index (χ4n) is 6.77. The third kappa shape index (κ3) is 6.74. The number of fused-ring (bicyclic) bond motifs is 1. The Morgan fingerprint density at radius 3 is 2.55 bits per heavy atom. The Morgan fingerprint density at radius 2 is 1.82 bits per heavy atom. The Labute approximate surface area is 257 Å². The molecule has 2 amide bonds. The molecule has 0 bridgehead atoms. The van der Waals surface area contributed by atoms with Crippen molar-refractivity contribution in [3.05, 3.63) is 88.9 Å². The van der Waals surface area contributed by atoms with Gasteiger partial charge < -0.3 is 10.6 Å². The van der Waals surface area contributed by atoms with Crippen molar-refractivity contribution in [1.82, 2.24) is 24.8 Å². The van der Waals surface area contributed by atoms with Gasteiger partial charge in [0.2, 0.25) is 11.8 Å². The molecule has 0 saturated carbocycles. The van der Waals surface area contributed by atoms with Gasteiger partial charge in [-0.25, -0.2) is 13.9 Å². The first-order valence-electron chi connectivity index (χ1n) is 15.8. The second kappa shape index (κ2) is 13.4. The second-order valence-corrected chi connectivity index (χ2v) is 12.4. The molecule has 2 aliphatic heterocycles. The quantitative estimate of drug-likeness (QED) is 0.243. The van der Waals surface area contributed by atoms with Gasteiger partial charge in [0.05, 0.1) is 17.1 Å². The molecule has 9 heteroatoms. The van der Waals surface area contributed by atoms with Gasteiger partial charge in [-0.15, -0.1) is 0 Å². The number of carbonyl (C=O) groups is 2. The van der Waals surface area contributed by atoms with Crippen LogP contribution in [0.5, 0.6) is 0 Å². The van der Waals surface area contributed by atoms with Crippen LogP contribution in [0.2, 0.25) is 0 Å². The molecule has 2 aromatic heterocycles. The number of hydrogen-bond acceptors (Lipinski definition) is 6. The highest BCUT2D eigenvalue weighted by molar-refractivity contribution is 6.00. The molecular weight excluding hydrogens is 555 g/mol. The minimum absolute atomic E-state index is 0.190. The Balaban J connectivity index is 0.965.